The number of amidine groups is 1. The van der Waals surface area contributed by atoms with Gasteiger partial charge in [-0.25, -0.2) is 4.39 Å². The fourth-order valence-electron chi connectivity index (χ4n) is 5.08. The van der Waals surface area contributed by atoms with Crippen LogP contribution in [-0.4, -0.2) is 70.4 Å². The van der Waals surface area contributed by atoms with E-state index in [0.717, 1.165) is 67.0 Å². The van der Waals surface area contributed by atoms with E-state index < -0.39 is 110 Å². The molecule has 5 rings (SSSR count). The maximum atomic E-state index is 14.8. The molecule has 0 N–H and O–H groups in total. The quantitative estimate of drug-likeness (QED) is 0.182. The molecule has 0 saturated heterocycles. The molecule has 48 heavy (non-hydrogen) atoms. The number of nitrogens with zero attached hydrogens (tertiary/aromatic N) is 4. The highest BCUT2D eigenvalue weighted by atomic mass is 32.2. The average molecular weight is 696 g/mol. The van der Waals surface area contributed by atoms with E-state index >= 15 is 0 Å². The molecule has 0 bridgehead atoms. The Kier molecular flexibility index (Phi) is 7.22. The second-order valence-electron chi connectivity index (χ2n) is 10.8. The van der Waals surface area contributed by atoms with Gasteiger partial charge in [0, 0.05) is 46.4 Å². The van der Waals surface area contributed by atoms with Gasteiger partial charge < -0.3 is 14.7 Å². The standard InChI is InChI=1S/C37H42F4N4O2S/c1-4-43(5-2)18-19-44(22-26-6-10-28(11-7-26)29-12-14-30(15-13-29)37(39,40)41)34(46)23-45-33-21-25(3)20-32(33)35(47)42-36(45)48-24-27-8-16-31(38)17-9-27/h6-17,25,32-33H,4-5,18-24H2,1-3H3/i4D2,5D2,20D2,21D2,22D2,24D2,25D. The Morgan fingerprint density at radius 3 is 2.19 bits per heavy atom. The van der Waals surface area contributed by atoms with Gasteiger partial charge in [-0.1, -0.05) is 81.1 Å². The van der Waals surface area contributed by atoms with Crippen molar-refractivity contribution < 1.29 is 45.0 Å². The van der Waals surface area contributed by atoms with Crippen molar-refractivity contribution in [1.29, 1.82) is 0 Å². The van der Waals surface area contributed by atoms with Crippen molar-refractivity contribution in [3.05, 3.63) is 95.3 Å². The van der Waals surface area contributed by atoms with E-state index in [1.807, 2.05) is 0 Å². The summed E-state index contributed by atoms with van der Waals surface area (Å²) >= 11 is 0.209. The summed E-state index contributed by atoms with van der Waals surface area (Å²) in [6, 6.07) is 11.6. The van der Waals surface area contributed by atoms with Gasteiger partial charge in [0.05, 0.1) is 20.8 Å². The molecule has 0 aromatic heterocycles. The first-order valence-corrected chi connectivity index (χ1v) is 15.7. The molecule has 0 radical (unpaired) electrons. The molecule has 3 unspecified atom stereocenters. The average Bonchev–Trinajstić information content (AvgIpc) is 3.23. The molecule has 1 aliphatic carbocycles. The second-order valence-corrected chi connectivity index (χ2v) is 11.6. The lowest BCUT2D eigenvalue weighted by Crippen LogP contribution is -2.52. The summed E-state index contributed by atoms with van der Waals surface area (Å²) < 4.78 is 167. The highest BCUT2D eigenvalue weighted by Gasteiger charge is 2.45. The number of rotatable bonds is 12. The lowest BCUT2D eigenvalue weighted by atomic mass is 10.00. The first kappa shape index (κ1) is 22.1. The minimum atomic E-state index is -4.59. The van der Waals surface area contributed by atoms with E-state index in [4.69, 9.17) is 15.1 Å². The highest BCUT2D eigenvalue weighted by molar-refractivity contribution is 8.13. The number of hydrogen-bond acceptors (Lipinski definition) is 5. The molecular formula is C37H42F4N4O2S. The van der Waals surface area contributed by atoms with Gasteiger partial charge in [-0.3, -0.25) is 9.59 Å². The molecule has 2 aliphatic rings. The minimum absolute atomic E-state index is 0.141. The molecule has 6 nitrogen and oxygen atoms in total. The van der Waals surface area contributed by atoms with Crippen LogP contribution < -0.4 is 0 Å². The summed E-state index contributed by atoms with van der Waals surface area (Å²) in [4.78, 5) is 34.4. The van der Waals surface area contributed by atoms with Crippen LogP contribution in [0, 0.1) is 17.6 Å². The molecule has 3 atom stereocenters. The smallest absolute Gasteiger partial charge is 0.338 e. The minimum Gasteiger partial charge on any atom is -0.338 e. The fraction of sp³-hybridized carbons (Fsp3) is 0.432. The first-order chi connectivity index (χ1) is 27.7. The number of aliphatic imine (C=N–C) groups is 1. The van der Waals surface area contributed by atoms with Crippen LogP contribution in [0.25, 0.3) is 11.1 Å². The van der Waals surface area contributed by atoms with Gasteiger partial charge in [0.2, 0.25) is 5.91 Å². The van der Waals surface area contributed by atoms with Crippen molar-refractivity contribution in [2.45, 2.75) is 57.9 Å². The van der Waals surface area contributed by atoms with E-state index in [2.05, 4.69) is 4.99 Å². The number of carbonyl (C=O) groups excluding carboxylic acids is 2. The lowest BCUT2D eigenvalue weighted by molar-refractivity contribution is -0.137. The van der Waals surface area contributed by atoms with Crippen LogP contribution in [0.4, 0.5) is 17.6 Å². The van der Waals surface area contributed by atoms with E-state index in [0.29, 0.717) is 16.0 Å². The monoisotopic (exact) mass is 695 g/mol. The van der Waals surface area contributed by atoms with Gasteiger partial charge in [0.15, 0.2) is 5.17 Å². The number of likely N-dealkylation sites (N-methyl/N-ethyl adjacent to an activating group) is 1. The normalized spacial score (nSPS) is 28.2. The summed E-state index contributed by atoms with van der Waals surface area (Å²) in [6.45, 7) is -7.08. The van der Waals surface area contributed by atoms with Crippen molar-refractivity contribution in [2.24, 2.45) is 16.8 Å². The topological polar surface area (TPSA) is 56.2 Å². The van der Waals surface area contributed by atoms with Gasteiger partial charge in [-0.2, -0.15) is 18.2 Å². The summed E-state index contributed by atoms with van der Waals surface area (Å²) in [5, 5.41) is -0.635. The number of thioether (sulfide) groups is 1. The molecule has 11 heteroatoms. The van der Waals surface area contributed by atoms with E-state index in [1.165, 1.54) is 36.4 Å². The van der Waals surface area contributed by atoms with Crippen molar-refractivity contribution >= 4 is 28.7 Å². The molecule has 3 aromatic rings. The Hall–Kier alpha value is -3.70. The van der Waals surface area contributed by atoms with Crippen LogP contribution in [0.1, 0.15) is 68.0 Å². The molecule has 3 aromatic carbocycles. The number of fused-ring (bicyclic) bond motifs is 1. The van der Waals surface area contributed by atoms with Crippen molar-refractivity contribution in [1.82, 2.24) is 14.7 Å². The number of amides is 2. The molecule has 256 valence electrons. The number of carbonyl (C=O) groups is 2. The highest BCUT2D eigenvalue weighted by Crippen LogP contribution is 2.40. The molecular weight excluding hydrogens is 640 g/mol. The van der Waals surface area contributed by atoms with Crippen LogP contribution in [0.5, 0.6) is 0 Å². The molecule has 2 amide bonds. The SMILES string of the molecule is [2H]C([2H])(SC1=NC(=O)C2C(N1CC(=O)N(CCN(C([2H])([2H])C)C([2H])([2H])C)C([2H])([2H])c1ccc(-c3ccc(C(F)(F)F)cc3)cc1)C([2H])([2H])C([2H])(C)C2([2H])[2H])c1ccc(F)cc1. The second kappa shape index (κ2) is 15.7. The third-order valence-corrected chi connectivity index (χ3v) is 8.44. The first-order valence-electron chi connectivity index (χ1n) is 21.4. The molecule has 0 spiro atoms. The molecule has 1 fully saturated rings. The number of halogens is 4. The van der Waals surface area contributed by atoms with Gasteiger partial charge in [0.25, 0.3) is 5.91 Å². The van der Waals surface area contributed by atoms with Crippen LogP contribution in [0.15, 0.2) is 77.8 Å². The third kappa shape index (κ3) is 8.85. The zero-order valence-corrected chi connectivity index (χ0v) is 27.0. The van der Waals surface area contributed by atoms with Crippen LogP contribution >= 0.6 is 11.8 Å². The molecule has 1 heterocycles. The maximum Gasteiger partial charge on any atom is 0.416 e. The lowest BCUT2D eigenvalue weighted by Gasteiger charge is -2.38. The number of alkyl halides is 3. The van der Waals surface area contributed by atoms with Gasteiger partial charge in [-0.15, -0.1) is 0 Å². The number of hydrogen-bond donors (Lipinski definition) is 0. The Bertz CT molecular complexity index is 2130. The molecule has 1 aliphatic heterocycles. The van der Waals surface area contributed by atoms with Crippen molar-refractivity contribution in [3.8, 4) is 11.1 Å². The Balaban J connectivity index is 1.60. The van der Waals surface area contributed by atoms with E-state index in [-0.39, 0.29) is 22.9 Å². The van der Waals surface area contributed by atoms with Gasteiger partial charge in [-0.05, 0) is 78.2 Å². The summed E-state index contributed by atoms with van der Waals surface area (Å²) in [7, 11) is 0. The van der Waals surface area contributed by atoms with Crippen molar-refractivity contribution in [3.63, 3.8) is 0 Å². The van der Waals surface area contributed by atoms with Crippen LogP contribution in [0.2, 0.25) is 0 Å². The Labute approximate surface area is 302 Å². The van der Waals surface area contributed by atoms with E-state index in [1.54, 1.807) is 0 Å². The van der Waals surface area contributed by atoms with Crippen molar-refractivity contribution in [2.75, 3.05) is 32.6 Å². The zero-order chi connectivity index (χ0) is 46.1. The number of benzene rings is 3. The van der Waals surface area contributed by atoms with Crippen LogP contribution in [-0.2, 0) is 28.0 Å². The zero-order valence-electron chi connectivity index (χ0n) is 39.2. The Morgan fingerprint density at radius 2 is 1.58 bits per heavy atom. The predicted molar refractivity (Wildman–Crippen MR) is 183 cm³/mol. The van der Waals surface area contributed by atoms with Crippen LogP contribution in [0.3, 0.4) is 0 Å². The summed E-state index contributed by atoms with van der Waals surface area (Å²) in [5.74, 6) is -7.85. The fourth-order valence-corrected chi connectivity index (χ4v) is 5.86. The molecule has 1 saturated carbocycles. The third-order valence-electron chi connectivity index (χ3n) is 7.60. The van der Waals surface area contributed by atoms with E-state index in [9.17, 15) is 29.9 Å². The maximum absolute atomic E-state index is 14.8. The summed E-state index contributed by atoms with van der Waals surface area (Å²) in [5.41, 5.74) is -3.10. The largest absolute Gasteiger partial charge is 0.416 e. The van der Waals surface area contributed by atoms with Gasteiger partial charge in [0.1, 0.15) is 5.82 Å². The summed E-state index contributed by atoms with van der Waals surface area (Å²) in [6.07, 6.45) is -10.5. The Morgan fingerprint density at radius 1 is 0.979 bits per heavy atom. The predicted octanol–water partition coefficient (Wildman–Crippen LogP) is 7.73. The van der Waals surface area contributed by atoms with Gasteiger partial charge >= 0.3 is 6.18 Å².